The molecule has 0 unspecified atom stereocenters. The summed E-state index contributed by atoms with van der Waals surface area (Å²) in [5.41, 5.74) is 1.39. The van der Waals surface area contributed by atoms with E-state index in [1.54, 1.807) is 55.5 Å². The number of rotatable bonds is 10. The highest BCUT2D eigenvalue weighted by molar-refractivity contribution is 7.92. The Labute approximate surface area is 253 Å². The van der Waals surface area contributed by atoms with Gasteiger partial charge in [0.15, 0.2) is 0 Å². The van der Waals surface area contributed by atoms with Gasteiger partial charge in [0.25, 0.3) is 10.0 Å². The van der Waals surface area contributed by atoms with Crippen LogP contribution in [0.2, 0.25) is 10.0 Å². The second-order valence-electron chi connectivity index (χ2n) is 11.2. The van der Waals surface area contributed by atoms with Gasteiger partial charge in [0.2, 0.25) is 11.8 Å². The molecule has 0 saturated carbocycles. The summed E-state index contributed by atoms with van der Waals surface area (Å²) in [6.07, 6.45) is 0. The van der Waals surface area contributed by atoms with Crippen LogP contribution in [0.3, 0.4) is 0 Å². The predicted octanol–water partition coefficient (Wildman–Crippen LogP) is 6.64. The van der Waals surface area contributed by atoms with Gasteiger partial charge in [-0.25, -0.2) is 8.42 Å². The summed E-state index contributed by atoms with van der Waals surface area (Å²) in [6, 6.07) is 19.0. The molecular formula is C31H37Cl2N3O4S. The number of benzene rings is 3. The van der Waals surface area contributed by atoms with Crippen molar-refractivity contribution in [3.05, 3.63) is 94.0 Å². The minimum absolute atomic E-state index is 0.0287. The van der Waals surface area contributed by atoms with E-state index < -0.39 is 34.1 Å². The summed E-state index contributed by atoms with van der Waals surface area (Å²) in [6.45, 7) is 10.7. The Morgan fingerprint density at radius 2 is 1.51 bits per heavy atom. The number of sulfonamides is 1. The van der Waals surface area contributed by atoms with Gasteiger partial charge in [-0.2, -0.15) is 0 Å². The zero-order valence-corrected chi connectivity index (χ0v) is 26.5. The van der Waals surface area contributed by atoms with Gasteiger partial charge in [-0.3, -0.25) is 13.9 Å². The molecular weight excluding hydrogens is 581 g/mol. The summed E-state index contributed by atoms with van der Waals surface area (Å²) in [5.74, 6) is -0.707. The molecule has 0 saturated heterocycles. The first-order chi connectivity index (χ1) is 19.1. The molecule has 3 aromatic rings. The summed E-state index contributed by atoms with van der Waals surface area (Å²) in [5, 5.41) is 3.66. The topological polar surface area (TPSA) is 86.8 Å². The van der Waals surface area contributed by atoms with Crippen molar-refractivity contribution >= 4 is 50.7 Å². The van der Waals surface area contributed by atoms with Crippen LogP contribution in [0.15, 0.2) is 77.7 Å². The highest BCUT2D eigenvalue weighted by Gasteiger charge is 2.33. The number of hydrogen-bond acceptors (Lipinski definition) is 4. The average molecular weight is 619 g/mol. The smallest absolute Gasteiger partial charge is 0.264 e. The van der Waals surface area contributed by atoms with E-state index in [1.807, 2.05) is 46.8 Å². The standard InChI is InChI=1S/C31H37Cl2N3O4S/c1-21(2)23-13-16-26(17-14-23)36(41(39,40)27-10-8-7-9-11-27)20-29(37)35(22(3)30(38)34-31(4,5)6)19-24-12-15-25(32)18-28(24)33/h7-18,21-22H,19-20H2,1-6H3,(H,34,38)/t22-/m1/s1. The highest BCUT2D eigenvalue weighted by Crippen LogP contribution is 2.28. The van der Waals surface area contributed by atoms with E-state index in [4.69, 9.17) is 23.2 Å². The number of amides is 2. The number of nitrogens with one attached hydrogen (secondary N) is 1. The van der Waals surface area contributed by atoms with Crippen LogP contribution in [-0.2, 0) is 26.2 Å². The van der Waals surface area contributed by atoms with Crippen molar-refractivity contribution in [1.82, 2.24) is 10.2 Å². The zero-order chi connectivity index (χ0) is 30.5. The van der Waals surface area contributed by atoms with E-state index in [0.717, 1.165) is 9.87 Å². The van der Waals surface area contributed by atoms with Crippen molar-refractivity contribution < 1.29 is 18.0 Å². The van der Waals surface area contributed by atoms with Crippen molar-refractivity contribution in [2.24, 2.45) is 0 Å². The molecule has 0 fully saturated rings. The van der Waals surface area contributed by atoms with Gasteiger partial charge in [-0.05, 0) is 81.1 Å². The van der Waals surface area contributed by atoms with Crippen molar-refractivity contribution in [2.45, 2.75) is 70.5 Å². The lowest BCUT2D eigenvalue weighted by Crippen LogP contribution is -2.54. The Bertz CT molecular complexity index is 1470. The first-order valence-electron chi connectivity index (χ1n) is 13.3. The van der Waals surface area contributed by atoms with Crippen molar-refractivity contribution in [3.63, 3.8) is 0 Å². The maximum absolute atomic E-state index is 14.0. The monoisotopic (exact) mass is 617 g/mol. The van der Waals surface area contributed by atoms with Crippen molar-refractivity contribution in [3.8, 4) is 0 Å². The van der Waals surface area contributed by atoms with Crippen LogP contribution in [0.5, 0.6) is 0 Å². The van der Waals surface area contributed by atoms with Crippen LogP contribution in [0, 0.1) is 0 Å². The third-order valence-electron chi connectivity index (χ3n) is 6.48. The van der Waals surface area contributed by atoms with E-state index in [1.165, 1.54) is 17.0 Å². The molecule has 0 spiro atoms. The average Bonchev–Trinajstić information content (AvgIpc) is 2.90. The fraction of sp³-hybridized carbons (Fsp3) is 0.355. The SMILES string of the molecule is CC(C)c1ccc(N(CC(=O)N(Cc2ccc(Cl)cc2Cl)[C@H](C)C(=O)NC(C)(C)C)S(=O)(=O)c2ccccc2)cc1. The second-order valence-corrected chi connectivity index (χ2v) is 13.9. The van der Waals surface area contributed by atoms with Gasteiger partial charge in [-0.1, -0.05) is 73.4 Å². The van der Waals surface area contributed by atoms with Gasteiger partial charge in [0.1, 0.15) is 12.6 Å². The largest absolute Gasteiger partial charge is 0.350 e. The second kappa shape index (κ2) is 13.3. The molecule has 0 bridgehead atoms. The number of nitrogens with zero attached hydrogens (tertiary/aromatic N) is 2. The normalized spacial score (nSPS) is 12.6. The lowest BCUT2D eigenvalue weighted by Gasteiger charge is -2.33. The minimum Gasteiger partial charge on any atom is -0.350 e. The summed E-state index contributed by atoms with van der Waals surface area (Å²) in [4.78, 5) is 28.7. The van der Waals surface area contributed by atoms with Crippen molar-refractivity contribution in [2.75, 3.05) is 10.8 Å². The fourth-order valence-corrected chi connectivity index (χ4v) is 6.07. The molecule has 1 atom stereocenters. The van der Waals surface area contributed by atoms with E-state index in [9.17, 15) is 18.0 Å². The number of halogens is 2. The van der Waals surface area contributed by atoms with Gasteiger partial charge in [0, 0.05) is 22.1 Å². The Balaban J connectivity index is 2.06. The first-order valence-corrected chi connectivity index (χ1v) is 15.5. The minimum atomic E-state index is -4.14. The number of carbonyl (C=O) groups is 2. The summed E-state index contributed by atoms with van der Waals surface area (Å²) < 4.78 is 28.9. The van der Waals surface area contributed by atoms with Gasteiger partial charge < -0.3 is 10.2 Å². The Hall–Kier alpha value is -3.07. The van der Waals surface area contributed by atoms with Crippen LogP contribution in [0.1, 0.15) is 58.6 Å². The molecule has 2 amide bonds. The van der Waals surface area contributed by atoms with E-state index in [2.05, 4.69) is 5.32 Å². The van der Waals surface area contributed by atoms with Gasteiger partial charge in [-0.15, -0.1) is 0 Å². The molecule has 3 aromatic carbocycles. The number of hydrogen-bond donors (Lipinski definition) is 1. The molecule has 3 rings (SSSR count). The molecule has 1 N–H and O–H groups in total. The lowest BCUT2D eigenvalue weighted by molar-refractivity contribution is -0.140. The molecule has 7 nitrogen and oxygen atoms in total. The van der Waals surface area contributed by atoms with Crippen LogP contribution in [-0.4, -0.2) is 43.3 Å². The molecule has 10 heteroatoms. The number of anilines is 1. The third kappa shape index (κ3) is 8.47. The zero-order valence-electron chi connectivity index (χ0n) is 24.2. The maximum atomic E-state index is 14.0. The van der Waals surface area contributed by atoms with Crippen LogP contribution in [0.25, 0.3) is 0 Å². The Morgan fingerprint density at radius 3 is 2.05 bits per heavy atom. The van der Waals surface area contributed by atoms with Gasteiger partial charge >= 0.3 is 0 Å². The summed E-state index contributed by atoms with van der Waals surface area (Å²) in [7, 11) is -4.14. The molecule has 220 valence electrons. The Morgan fingerprint density at radius 1 is 0.902 bits per heavy atom. The summed E-state index contributed by atoms with van der Waals surface area (Å²) >= 11 is 12.5. The van der Waals surface area contributed by atoms with E-state index >= 15 is 0 Å². The molecule has 0 aliphatic heterocycles. The highest BCUT2D eigenvalue weighted by atomic mass is 35.5. The lowest BCUT2D eigenvalue weighted by atomic mass is 10.0. The van der Waals surface area contributed by atoms with Gasteiger partial charge in [0.05, 0.1) is 10.6 Å². The van der Waals surface area contributed by atoms with E-state index in [-0.39, 0.29) is 23.3 Å². The quantitative estimate of drug-likeness (QED) is 0.276. The van der Waals surface area contributed by atoms with Crippen molar-refractivity contribution in [1.29, 1.82) is 0 Å². The maximum Gasteiger partial charge on any atom is 0.264 e. The first kappa shape index (κ1) is 32.4. The fourth-order valence-electron chi connectivity index (χ4n) is 4.16. The third-order valence-corrected chi connectivity index (χ3v) is 8.85. The molecule has 41 heavy (non-hydrogen) atoms. The molecule has 0 radical (unpaired) electrons. The Kier molecular flexibility index (Phi) is 10.5. The van der Waals surface area contributed by atoms with Crippen LogP contribution >= 0.6 is 23.2 Å². The molecule has 0 aliphatic carbocycles. The molecule has 0 aliphatic rings. The van der Waals surface area contributed by atoms with Crippen LogP contribution < -0.4 is 9.62 Å². The van der Waals surface area contributed by atoms with Crippen LogP contribution in [0.4, 0.5) is 5.69 Å². The predicted molar refractivity (Wildman–Crippen MR) is 166 cm³/mol. The van der Waals surface area contributed by atoms with E-state index in [0.29, 0.717) is 21.3 Å². The number of carbonyl (C=O) groups excluding carboxylic acids is 2. The molecule has 0 heterocycles. The molecule has 0 aromatic heterocycles.